The van der Waals surface area contributed by atoms with E-state index < -0.39 is 6.04 Å². The van der Waals surface area contributed by atoms with E-state index in [2.05, 4.69) is 16.2 Å². The van der Waals surface area contributed by atoms with Crippen LogP contribution >= 0.6 is 0 Å². The summed E-state index contributed by atoms with van der Waals surface area (Å²) in [5.41, 5.74) is 3.57. The molecule has 160 valence electrons. The summed E-state index contributed by atoms with van der Waals surface area (Å²) in [7, 11) is 1.44. The van der Waals surface area contributed by atoms with Crippen LogP contribution < -0.4 is 9.47 Å². The highest BCUT2D eigenvalue weighted by Crippen LogP contribution is 2.43. The first-order valence-electron chi connectivity index (χ1n) is 9.88. The maximum absolute atomic E-state index is 13.3. The van der Waals surface area contributed by atoms with E-state index in [0.717, 1.165) is 11.1 Å². The fourth-order valence-electron chi connectivity index (χ4n) is 3.94. The molecule has 9 nitrogen and oxygen atoms in total. The van der Waals surface area contributed by atoms with Crippen LogP contribution in [0.15, 0.2) is 29.6 Å². The highest BCUT2D eigenvalue weighted by Gasteiger charge is 2.37. The monoisotopic (exact) mass is 422 g/mol. The van der Waals surface area contributed by atoms with Crippen LogP contribution in [-0.4, -0.2) is 66.1 Å². The first-order valence-corrected chi connectivity index (χ1v) is 9.88. The van der Waals surface area contributed by atoms with Crippen molar-refractivity contribution in [3.8, 4) is 28.7 Å². The molecule has 0 spiro atoms. The fourth-order valence-corrected chi connectivity index (χ4v) is 3.94. The summed E-state index contributed by atoms with van der Waals surface area (Å²) in [6, 6.07) is 7.18. The van der Waals surface area contributed by atoms with Crippen molar-refractivity contribution in [2.24, 2.45) is 5.16 Å². The van der Waals surface area contributed by atoms with Gasteiger partial charge in [0.15, 0.2) is 17.2 Å². The van der Waals surface area contributed by atoms with Crippen LogP contribution in [0.25, 0.3) is 11.1 Å². The summed E-state index contributed by atoms with van der Waals surface area (Å²) in [5.74, 6) is 0.314. The number of pyridine rings is 1. The molecule has 2 aromatic rings. The lowest BCUT2D eigenvalue weighted by atomic mass is 9.96. The average Bonchev–Trinajstić information content (AvgIpc) is 3.21. The number of ether oxygens (including phenoxy) is 2. The number of aromatic nitrogens is 1. The van der Waals surface area contributed by atoms with Crippen LogP contribution in [0.1, 0.15) is 28.0 Å². The van der Waals surface area contributed by atoms with Crippen molar-refractivity contribution in [2.75, 3.05) is 33.5 Å². The highest BCUT2D eigenvalue weighted by atomic mass is 16.6. The third kappa shape index (κ3) is 3.66. The standard InChI is InChI=1S/C22H22N4O5/c1-13-14(9-23)4-3-5-17(13)18-10-24-19(21-20(18)30-6-7-31-21)22(28)26-11-15(25-29-2)8-16(26)12-27/h3-5,10,16,27H,6-8,11-12H2,1-2H3/b25-15+/t16-/m0/s1. The lowest BCUT2D eigenvalue weighted by Crippen LogP contribution is -2.38. The van der Waals surface area contributed by atoms with E-state index in [-0.39, 0.29) is 37.1 Å². The lowest BCUT2D eigenvalue weighted by molar-refractivity contribution is 0.0663. The fraction of sp³-hybridized carbons (Fsp3) is 0.364. The molecule has 31 heavy (non-hydrogen) atoms. The van der Waals surface area contributed by atoms with Gasteiger partial charge in [-0.1, -0.05) is 17.3 Å². The van der Waals surface area contributed by atoms with Crippen molar-refractivity contribution in [3.63, 3.8) is 0 Å². The van der Waals surface area contributed by atoms with Gasteiger partial charge in [0.2, 0.25) is 0 Å². The number of fused-ring (bicyclic) bond motifs is 1. The molecular formula is C22H22N4O5. The van der Waals surface area contributed by atoms with Crippen LogP contribution in [0.2, 0.25) is 0 Å². The maximum Gasteiger partial charge on any atom is 0.277 e. The Bertz CT molecular complexity index is 1090. The number of nitriles is 1. The van der Waals surface area contributed by atoms with Crippen molar-refractivity contribution < 1.29 is 24.2 Å². The maximum atomic E-state index is 13.3. The molecule has 0 bridgehead atoms. The van der Waals surface area contributed by atoms with Gasteiger partial charge in [-0.25, -0.2) is 4.98 Å². The molecule has 3 heterocycles. The largest absolute Gasteiger partial charge is 0.485 e. The van der Waals surface area contributed by atoms with Gasteiger partial charge in [0.25, 0.3) is 5.91 Å². The minimum absolute atomic E-state index is 0.115. The Hall–Kier alpha value is -3.64. The number of aliphatic hydroxyl groups is 1. The molecule has 2 aliphatic rings. The second-order valence-corrected chi connectivity index (χ2v) is 7.28. The third-order valence-electron chi connectivity index (χ3n) is 5.47. The van der Waals surface area contributed by atoms with E-state index >= 15 is 0 Å². The zero-order chi connectivity index (χ0) is 22.0. The van der Waals surface area contributed by atoms with E-state index in [9.17, 15) is 15.2 Å². The first kappa shape index (κ1) is 20.6. The predicted octanol–water partition coefficient (Wildman–Crippen LogP) is 1.91. The Morgan fingerprint density at radius 1 is 1.35 bits per heavy atom. The van der Waals surface area contributed by atoms with Gasteiger partial charge in [-0.05, 0) is 24.1 Å². The van der Waals surface area contributed by atoms with Crippen LogP contribution in [0.5, 0.6) is 11.5 Å². The molecule has 0 unspecified atom stereocenters. The van der Waals surface area contributed by atoms with Crippen LogP contribution in [0.3, 0.4) is 0 Å². The van der Waals surface area contributed by atoms with E-state index in [1.807, 2.05) is 13.0 Å². The number of aliphatic hydroxyl groups excluding tert-OH is 1. The van der Waals surface area contributed by atoms with Gasteiger partial charge in [0, 0.05) is 18.2 Å². The number of carbonyl (C=O) groups excluding carboxylic acids is 1. The van der Waals surface area contributed by atoms with Gasteiger partial charge < -0.3 is 24.3 Å². The molecular weight excluding hydrogens is 400 g/mol. The topological polar surface area (TPSA) is 117 Å². The lowest BCUT2D eigenvalue weighted by Gasteiger charge is -2.26. The molecule has 1 aromatic heterocycles. The van der Waals surface area contributed by atoms with Crippen molar-refractivity contribution in [1.82, 2.24) is 9.88 Å². The number of hydrogen-bond donors (Lipinski definition) is 1. The molecule has 2 aliphatic heterocycles. The van der Waals surface area contributed by atoms with Gasteiger partial charge in [-0.15, -0.1) is 0 Å². The Labute approximate surface area is 179 Å². The average molecular weight is 422 g/mol. The quantitative estimate of drug-likeness (QED) is 0.748. The van der Waals surface area contributed by atoms with Crippen LogP contribution in [0, 0.1) is 18.3 Å². The third-order valence-corrected chi connectivity index (χ3v) is 5.47. The van der Waals surface area contributed by atoms with E-state index in [1.54, 1.807) is 18.3 Å². The Balaban J connectivity index is 1.77. The predicted molar refractivity (Wildman–Crippen MR) is 111 cm³/mol. The summed E-state index contributed by atoms with van der Waals surface area (Å²) in [6.45, 7) is 2.51. The number of rotatable bonds is 4. The van der Waals surface area contributed by atoms with Gasteiger partial charge in [0.05, 0.1) is 36.5 Å². The summed E-state index contributed by atoms with van der Waals surface area (Å²) in [6.07, 6.45) is 1.99. The number of oxime groups is 1. The molecule has 1 N–H and O–H groups in total. The number of benzene rings is 1. The highest BCUT2D eigenvalue weighted by molar-refractivity contribution is 6.02. The molecule has 1 amide bonds. The molecule has 0 aliphatic carbocycles. The molecule has 9 heteroatoms. The molecule has 0 saturated carbocycles. The normalized spacial score (nSPS) is 18.7. The van der Waals surface area contributed by atoms with E-state index in [1.165, 1.54) is 12.0 Å². The number of likely N-dealkylation sites (tertiary alicyclic amines) is 1. The summed E-state index contributed by atoms with van der Waals surface area (Å²) in [4.78, 5) is 24.1. The summed E-state index contributed by atoms with van der Waals surface area (Å²) in [5, 5.41) is 23.0. The molecule has 1 saturated heterocycles. The van der Waals surface area contributed by atoms with Crippen LogP contribution in [-0.2, 0) is 4.84 Å². The second kappa shape index (κ2) is 8.62. The SMILES string of the molecule is CO/N=C1\C[C@@H](CO)N(C(=O)c2ncc(-c3cccc(C#N)c3C)c3c2OCCO3)C1. The smallest absolute Gasteiger partial charge is 0.277 e. The Kier molecular flexibility index (Phi) is 5.73. The number of nitrogens with zero attached hydrogens (tertiary/aromatic N) is 4. The van der Waals surface area contributed by atoms with Gasteiger partial charge >= 0.3 is 0 Å². The second-order valence-electron chi connectivity index (χ2n) is 7.28. The van der Waals surface area contributed by atoms with Crippen molar-refractivity contribution in [3.05, 3.63) is 41.2 Å². The Morgan fingerprint density at radius 2 is 2.13 bits per heavy atom. The zero-order valence-corrected chi connectivity index (χ0v) is 17.3. The minimum Gasteiger partial charge on any atom is -0.485 e. The molecule has 1 aromatic carbocycles. The minimum atomic E-state index is -0.419. The molecule has 4 rings (SSSR count). The molecule has 1 fully saturated rings. The van der Waals surface area contributed by atoms with E-state index in [4.69, 9.17) is 14.3 Å². The number of amides is 1. The van der Waals surface area contributed by atoms with Crippen LogP contribution in [0.4, 0.5) is 0 Å². The van der Waals surface area contributed by atoms with Gasteiger partial charge in [-0.3, -0.25) is 4.79 Å². The molecule has 1 atom stereocenters. The van der Waals surface area contributed by atoms with Gasteiger partial charge in [0.1, 0.15) is 20.3 Å². The van der Waals surface area contributed by atoms with Crippen molar-refractivity contribution in [1.29, 1.82) is 5.26 Å². The van der Waals surface area contributed by atoms with Crippen molar-refractivity contribution >= 4 is 11.6 Å². The molecule has 0 radical (unpaired) electrons. The van der Waals surface area contributed by atoms with Gasteiger partial charge in [-0.2, -0.15) is 5.26 Å². The Morgan fingerprint density at radius 3 is 2.84 bits per heavy atom. The first-order chi connectivity index (χ1) is 15.1. The van der Waals surface area contributed by atoms with Crippen molar-refractivity contribution in [2.45, 2.75) is 19.4 Å². The summed E-state index contributed by atoms with van der Waals surface area (Å²) < 4.78 is 11.7. The number of carbonyl (C=O) groups is 1. The van der Waals surface area contributed by atoms with E-state index in [0.29, 0.717) is 35.6 Å². The zero-order valence-electron chi connectivity index (χ0n) is 17.3. The number of hydrogen-bond acceptors (Lipinski definition) is 8. The summed E-state index contributed by atoms with van der Waals surface area (Å²) >= 11 is 0.